The van der Waals surface area contributed by atoms with Crippen LogP contribution in [-0.2, 0) is 6.42 Å². The van der Waals surface area contributed by atoms with E-state index in [1.807, 2.05) is 13.0 Å². The summed E-state index contributed by atoms with van der Waals surface area (Å²) in [6.07, 6.45) is 2.23. The molecular formula is C15H12O5. The van der Waals surface area contributed by atoms with E-state index in [1.54, 1.807) is 6.07 Å². The predicted molar refractivity (Wildman–Crippen MR) is 70.8 cm³/mol. The Morgan fingerprint density at radius 3 is 2.70 bits per heavy atom. The third kappa shape index (κ3) is 1.84. The summed E-state index contributed by atoms with van der Waals surface area (Å²) in [6, 6.07) is 6.22. The first-order chi connectivity index (χ1) is 9.60. The van der Waals surface area contributed by atoms with Crippen molar-refractivity contribution in [2.75, 3.05) is 0 Å². The number of ketones is 1. The van der Waals surface area contributed by atoms with E-state index in [0.29, 0.717) is 5.76 Å². The number of aromatic hydroxyl groups is 2. The number of aryl methyl sites for hydroxylation is 1. The largest absolute Gasteiger partial charge is 0.504 e. The number of carbonyl (C=O) groups excluding carboxylic acids is 1. The van der Waals surface area contributed by atoms with Crippen LogP contribution in [0.3, 0.4) is 0 Å². The number of hydrogen-bond donors (Lipinski definition) is 2. The molecule has 1 aliphatic rings. The fraction of sp³-hybridized carbons (Fsp3) is 0.133. The summed E-state index contributed by atoms with van der Waals surface area (Å²) in [4.78, 5) is 12.1. The molecule has 0 atom stereocenters. The number of carbonyl (C=O) groups is 1. The van der Waals surface area contributed by atoms with Gasteiger partial charge in [0.15, 0.2) is 17.3 Å². The van der Waals surface area contributed by atoms with Gasteiger partial charge in [-0.15, -0.1) is 0 Å². The van der Waals surface area contributed by atoms with Crippen LogP contribution >= 0.6 is 0 Å². The van der Waals surface area contributed by atoms with Crippen molar-refractivity contribution >= 4 is 11.9 Å². The monoisotopic (exact) mass is 272 g/mol. The molecule has 0 saturated carbocycles. The maximum absolute atomic E-state index is 12.1. The standard InChI is InChI=1S/C15H12O5/c1-2-8-3-4-9(19-8)7-12-13(17)10-5-6-11(16)14(18)15(10)20-12/h3-7,16,18H,2H2,1H3/b12-7-. The molecule has 3 rings (SSSR count). The zero-order chi connectivity index (χ0) is 14.3. The second-order valence-corrected chi connectivity index (χ2v) is 4.41. The molecule has 0 unspecified atom stereocenters. The van der Waals surface area contributed by atoms with Gasteiger partial charge in [0.2, 0.25) is 11.5 Å². The molecule has 2 N–H and O–H groups in total. The van der Waals surface area contributed by atoms with Gasteiger partial charge in [0.25, 0.3) is 0 Å². The number of allylic oxidation sites excluding steroid dienone is 1. The maximum atomic E-state index is 12.1. The van der Waals surface area contributed by atoms with Gasteiger partial charge in [-0.05, 0) is 24.3 Å². The highest BCUT2D eigenvalue weighted by Crippen LogP contribution is 2.44. The third-order valence-corrected chi connectivity index (χ3v) is 3.09. The lowest BCUT2D eigenvalue weighted by atomic mass is 10.1. The minimum absolute atomic E-state index is 0.0245. The van der Waals surface area contributed by atoms with Gasteiger partial charge >= 0.3 is 0 Å². The predicted octanol–water partition coefficient (Wildman–Crippen LogP) is 2.87. The first kappa shape index (κ1) is 12.3. The van der Waals surface area contributed by atoms with Crippen molar-refractivity contribution < 1.29 is 24.2 Å². The molecule has 0 aliphatic carbocycles. The molecule has 2 heterocycles. The molecule has 1 aromatic carbocycles. The summed E-state index contributed by atoms with van der Waals surface area (Å²) in [5.74, 6) is 0.213. The summed E-state index contributed by atoms with van der Waals surface area (Å²) < 4.78 is 10.8. The lowest BCUT2D eigenvalue weighted by Crippen LogP contribution is -1.97. The molecule has 20 heavy (non-hydrogen) atoms. The van der Waals surface area contributed by atoms with Crippen molar-refractivity contribution in [3.8, 4) is 17.2 Å². The van der Waals surface area contributed by atoms with Gasteiger partial charge in [-0.3, -0.25) is 4.79 Å². The zero-order valence-electron chi connectivity index (χ0n) is 10.7. The van der Waals surface area contributed by atoms with Crippen molar-refractivity contribution in [2.45, 2.75) is 13.3 Å². The number of rotatable bonds is 2. The van der Waals surface area contributed by atoms with Crippen molar-refractivity contribution in [3.63, 3.8) is 0 Å². The molecule has 102 valence electrons. The number of phenolic OH excluding ortho intramolecular Hbond substituents is 2. The van der Waals surface area contributed by atoms with E-state index in [1.165, 1.54) is 18.2 Å². The highest BCUT2D eigenvalue weighted by Gasteiger charge is 2.31. The highest BCUT2D eigenvalue weighted by atomic mass is 16.5. The van der Waals surface area contributed by atoms with Crippen LogP contribution < -0.4 is 4.74 Å². The van der Waals surface area contributed by atoms with Gasteiger partial charge in [-0.2, -0.15) is 0 Å². The van der Waals surface area contributed by atoms with Crippen LogP contribution in [0.15, 0.2) is 34.4 Å². The zero-order valence-corrected chi connectivity index (χ0v) is 10.7. The maximum Gasteiger partial charge on any atom is 0.232 e. The fourth-order valence-corrected chi connectivity index (χ4v) is 2.02. The average molecular weight is 272 g/mol. The Morgan fingerprint density at radius 2 is 2.00 bits per heavy atom. The Kier molecular flexibility index (Phi) is 2.75. The molecule has 5 heteroatoms. The van der Waals surface area contributed by atoms with E-state index in [-0.39, 0.29) is 28.6 Å². The number of hydrogen-bond acceptors (Lipinski definition) is 5. The van der Waals surface area contributed by atoms with E-state index in [9.17, 15) is 15.0 Å². The minimum atomic E-state index is -0.437. The molecule has 0 fully saturated rings. The number of ether oxygens (including phenoxy) is 1. The van der Waals surface area contributed by atoms with Gasteiger partial charge in [0.1, 0.15) is 11.5 Å². The number of furan rings is 1. The number of benzene rings is 1. The van der Waals surface area contributed by atoms with E-state index >= 15 is 0 Å². The molecule has 0 amide bonds. The van der Waals surface area contributed by atoms with E-state index < -0.39 is 5.75 Å². The van der Waals surface area contributed by atoms with Crippen molar-refractivity contribution in [2.24, 2.45) is 0 Å². The fourth-order valence-electron chi connectivity index (χ4n) is 2.02. The Hall–Kier alpha value is -2.69. The summed E-state index contributed by atoms with van der Waals surface area (Å²) >= 11 is 0. The summed E-state index contributed by atoms with van der Waals surface area (Å²) in [7, 11) is 0. The Bertz CT molecular complexity index is 724. The van der Waals surface area contributed by atoms with Crippen molar-refractivity contribution in [1.82, 2.24) is 0 Å². The molecule has 0 saturated heterocycles. The SMILES string of the molecule is CCc1ccc(/C=C2\Oc3c(ccc(O)c3O)C2=O)o1. The molecule has 0 radical (unpaired) electrons. The molecule has 1 aromatic heterocycles. The van der Waals surface area contributed by atoms with Crippen LogP contribution in [0.4, 0.5) is 0 Å². The van der Waals surface area contributed by atoms with Crippen molar-refractivity contribution in [1.29, 1.82) is 0 Å². The smallest absolute Gasteiger partial charge is 0.232 e. The van der Waals surface area contributed by atoms with Gasteiger partial charge in [-0.1, -0.05) is 6.92 Å². The van der Waals surface area contributed by atoms with E-state index in [4.69, 9.17) is 9.15 Å². The minimum Gasteiger partial charge on any atom is -0.504 e. The topological polar surface area (TPSA) is 79.9 Å². The number of phenols is 2. The Labute approximate surface area is 114 Å². The van der Waals surface area contributed by atoms with Crippen molar-refractivity contribution in [3.05, 3.63) is 47.1 Å². The summed E-state index contributed by atoms with van der Waals surface area (Å²) in [5, 5.41) is 19.1. The van der Waals surface area contributed by atoms with Crippen LogP contribution in [0, 0.1) is 0 Å². The van der Waals surface area contributed by atoms with Crippen LogP contribution in [-0.4, -0.2) is 16.0 Å². The normalized spacial score (nSPS) is 15.4. The second kappa shape index (κ2) is 4.45. The number of fused-ring (bicyclic) bond motifs is 1. The van der Waals surface area contributed by atoms with Crippen LogP contribution in [0.5, 0.6) is 17.2 Å². The quantitative estimate of drug-likeness (QED) is 0.649. The van der Waals surface area contributed by atoms with Gasteiger partial charge < -0.3 is 19.4 Å². The third-order valence-electron chi connectivity index (χ3n) is 3.09. The first-order valence-electron chi connectivity index (χ1n) is 6.18. The molecular weight excluding hydrogens is 260 g/mol. The van der Waals surface area contributed by atoms with Gasteiger partial charge in [0.05, 0.1) is 5.56 Å². The van der Waals surface area contributed by atoms with Gasteiger partial charge in [-0.25, -0.2) is 0 Å². The van der Waals surface area contributed by atoms with E-state index in [0.717, 1.165) is 12.2 Å². The molecule has 0 spiro atoms. The Morgan fingerprint density at radius 1 is 1.20 bits per heavy atom. The molecule has 5 nitrogen and oxygen atoms in total. The molecule has 0 bridgehead atoms. The highest BCUT2D eigenvalue weighted by molar-refractivity contribution is 6.15. The second-order valence-electron chi connectivity index (χ2n) is 4.41. The molecule has 2 aromatic rings. The van der Waals surface area contributed by atoms with E-state index in [2.05, 4.69) is 0 Å². The van der Waals surface area contributed by atoms with Crippen LogP contribution in [0.2, 0.25) is 0 Å². The van der Waals surface area contributed by atoms with Crippen LogP contribution in [0.25, 0.3) is 6.08 Å². The first-order valence-corrected chi connectivity index (χ1v) is 6.18. The summed E-state index contributed by atoms with van der Waals surface area (Å²) in [5.41, 5.74) is 0.217. The molecule has 1 aliphatic heterocycles. The summed E-state index contributed by atoms with van der Waals surface area (Å²) in [6.45, 7) is 1.96. The van der Waals surface area contributed by atoms with Gasteiger partial charge in [0, 0.05) is 12.5 Å². The lowest BCUT2D eigenvalue weighted by molar-refractivity contribution is 0.101. The lowest BCUT2D eigenvalue weighted by Gasteiger charge is -2.02. The number of Topliss-reactive ketones (excluding diaryl/α,β-unsaturated/α-hetero) is 1. The van der Waals surface area contributed by atoms with Crippen LogP contribution in [0.1, 0.15) is 28.8 Å². The Balaban J connectivity index is 1.99. The average Bonchev–Trinajstić information content (AvgIpc) is 3.01.